The minimum Gasteiger partial charge on any atom is -0.315 e. The minimum absolute atomic E-state index is 0.482. The molecule has 0 bridgehead atoms. The zero-order chi connectivity index (χ0) is 15.5. The van der Waals surface area contributed by atoms with Crippen LogP contribution < -0.4 is 5.32 Å². The van der Waals surface area contributed by atoms with Crippen LogP contribution in [0.15, 0.2) is 16.3 Å². The fourth-order valence-electron chi connectivity index (χ4n) is 2.90. The topological polar surface area (TPSA) is 49.4 Å². The lowest BCUT2D eigenvalue weighted by atomic mass is 9.89. The summed E-state index contributed by atoms with van der Waals surface area (Å²) in [6.45, 7) is 6.50. The van der Waals surface area contributed by atoms with Crippen molar-refractivity contribution in [1.29, 1.82) is 0 Å². The Hall–Kier alpha value is -0.430. The maximum Gasteiger partial charge on any atom is 0.252 e. The SMILES string of the molecule is CNCc1ccc(S(=O)(=O)N2CCCC(C(C)C)CC2)s1. The van der Waals surface area contributed by atoms with Gasteiger partial charge in [-0.3, -0.25) is 0 Å². The molecule has 21 heavy (non-hydrogen) atoms. The zero-order valence-electron chi connectivity index (χ0n) is 13.1. The monoisotopic (exact) mass is 330 g/mol. The maximum absolute atomic E-state index is 12.8. The molecule has 120 valence electrons. The van der Waals surface area contributed by atoms with E-state index >= 15 is 0 Å². The van der Waals surface area contributed by atoms with Crippen molar-refractivity contribution in [3.05, 3.63) is 17.0 Å². The van der Waals surface area contributed by atoms with Crippen LogP contribution in [-0.4, -0.2) is 32.9 Å². The van der Waals surface area contributed by atoms with Crippen LogP contribution >= 0.6 is 11.3 Å². The van der Waals surface area contributed by atoms with Gasteiger partial charge in [-0.25, -0.2) is 8.42 Å². The van der Waals surface area contributed by atoms with Crippen molar-refractivity contribution in [2.45, 2.75) is 43.9 Å². The van der Waals surface area contributed by atoms with Gasteiger partial charge in [0.05, 0.1) is 0 Å². The third-order valence-electron chi connectivity index (χ3n) is 4.26. The first-order chi connectivity index (χ1) is 9.95. The summed E-state index contributed by atoms with van der Waals surface area (Å²) in [4.78, 5) is 1.06. The summed E-state index contributed by atoms with van der Waals surface area (Å²) < 4.78 is 27.7. The van der Waals surface area contributed by atoms with Crippen LogP contribution in [0.25, 0.3) is 0 Å². The van der Waals surface area contributed by atoms with E-state index in [1.54, 1.807) is 10.4 Å². The number of hydrogen-bond acceptors (Lipinski definition) is 4. The van der Waals surface area contributed by atoms with Crippen molar-refractivity contribution >= 4 is 21.4 Å². The molecule has 1 aliphatic heterocycles. The third-order valence-corrected chi connectivity index (χ3v) is 7.71. The molecule has 2 heterocycles. The Morgan fingerprint density at radius 1 is 1.33 bits per heavy atom. The van der Waals surface area contributed by atoms with Crippen LogP contribution in [0.3, 0.4) is 0 Å². The van der Waals surface area contributed by atoms with E-state index in [0.717, 1.165) is 30.7 Å². The summed E-state index contributed by atoms with van der Waals surface area (Å²) in [5, 5.41) is 3.06. The normalized spacial score (nSPS) is 21.6. The molecule has 0 aliphatic carbocycles. The number of nitrogens with one attached hydrogen (secondary N) is 1. The summed E-state index contributed by atoms with van der Waals surface area (Å²) in [7, 11) is -1.44. The third kappa shape index (κ3) is 4.06. The predicted molar refractivity (Wildman–Crippen MR) is 88.0 cm³/mol. The Balaban J connectivity index is 2.11. The fraction of sp³-hybridized carbons (Fsp3) is 0.733. The van der Waals surface area contributed by atoms with Crippen molar-refractivity contribution in [3.8, 4) is 0 Å². The smallest absolute Gasteiger partial charge is 0.252 e. The summed E-state index contributed by atoms with van der Waals surface area (Å²) in [5.41, 5.74) is 0. The van der Waals surface area contributed by atoms with Crippen LogP contribution in [0.2, 0.25) is 0 Å². The van der Waals surface area contributed by atoms with E-state index in [0.29, 0.717) is 29.1 Å². The van der Waals surface area contributed by atoms with Crippen LogP contribution in [0, 0.1) is 11.8 Å². The molecule has 0 amide bonds. The van der Waals surface area contributed by atoms with E-state index in [2.05, 4.69) is 19.2 Å². The summed E-state index contributed by atoms with van der Waals surface area (Å²) in [6.07, 6.45) is 3.08. The lowest BCUT2D eigenvalue weighted by Crippen LogP contribution is -2.31. The van der Waals surface area contributed by atoms with E-state index in [1.807, 2.05) is 13.1 Å². The molecule has 1 aliphatic rings. The fourth-order valence-corrected chi connectivity index (χ4v) is 5.91. The van der Waals surface area contributed by atoms with Gasteiger partial charge in [-0.1, -0.05) is 13.8 Å². The van der Waals surface area contributed by atoms with Crippen molar-refractivity contribution in [1.82, 2.24) is 9.62 Å². The largest absolute Gasteiger partial charge is 0.315 e. The second-order valence-corrected chi connectivity index (χ2v) is 9.42. The summed E-state index contributed by atoms with van der Waals surface area (Å²) >= 11 is 1.38. The van der Waals surface area contributed by atoms with Crippen molar-refractivity contribution < 1.29 is 8.42 Å². The molecular formula is C15H26N2O2S2. The van der Waals surface area contributed by atoms with Gasteiger partial charge in [0.1, 0.15) is 4.21 Å². The van der Waals surface area contributed by atoms with E-state index < -0.39 is 10.0 Å². The first-order valence-electron chi connectivity index (χ1n) is 7.68. The Labute approximate surface area is 132 Å². The van der Waals surface area contributed by atoms with Gasteiger partial charge < -0.3 is 5.32 Å². The highest BCUT2D eigenvalue weighted by Crippen LogP contribution is 2.30. The molecule has 1 aromatic rings. The Kier molecular flexibility index (Phi) is 5.82. The highest BCUT2D eigenvalue weighted by molar-refractivity contribution is 7.91. The van der Waals surface area contributed by atoms with Crippen molar-refractivity contribution in [3.63, 3.8) is 0 Å². The first-order valence-corrected chi connectivity index (χ1v) is 9.94. The number of hydrogen-bond donors (Lipinski definition) is 1. The Morgan fingerprint density at radius 3 is 2.76 bits per heavy atom. The molecule has 0 aromatic carbocycles. The average molecular weight is 331 g/mol. The van der Waals surface area contributed by atoms with Gasteiger partial charge in [-0.2, -0.15) is 4.31 Å². The average Bonchev–Trinajstić information content (AvgIpc) is 2.75. The molecule has 1 saturated heterocycles. The molecule has 0 saturated carbocycles. The number of thiophene rings is 1. The van der Waals surface area contributed by atoms with Gasteiger partial charge in [0.15, 0.2) is 0 Å². The Bertz CT molecular complexity index is 552. The first kappa shape index (κ1) is 16.9. The molecule has 1 N–H and O–H groups in total. The summed E-state index contributed by atoms with van der Waals surface area (Å²) in [5.74, 6) is 1.28. The van der Waals surface area contributed by atoms with Gasteiger partial charge in [-0.05, 0) is 50.3 Å². The number of rotatable bonds is 5. The van der Waals surface area contributed by atoms with Crippen LogP contribution in [-0.2, 0) is 16.6 Å². The number of nitrogens with zero attached hydrogens (tertiary/aromatic N) is 1. The Morgan fingerprint density at radius 2 is 2.10 bits per heavy atom. The quantitative estimate of drug-likeness (QED) is 0.903. The van der Waals surface area contributed by atoms with E-state index in [1.165, 1.54) is 11.3 Å². The second-order valence-electron chi connectivity index (χ2n) is 6.09. The molecule has 0 spiro atoms. The van der Waals surface area contributed by atoms with Gasteiger partial charge in [-0.15, -0.1) is 11.3 Å². The molecule has 6 heteroatoms. The van der Waals surface area contributed by atoms with Gasteiger partial charge in [0.2, 0.25) is 0 Å². The second kappa shape index (κ2) is 7.22. The molecule has 1 atom stereocenters. The van der Waals surface area contributed by atoms with Gasteiger partial charge in [0.25, 0.3) is 10.0 Å². The lowest BCUT2D eigenvalue weighted by molar-refractivity contribution is 0.341. The molecule has 4 nitrogen and oxygen atoms in total. The lowest BCUT2D eigenvalue weighted by Gasteiger charge is -2.20. The van der Waals surface area contributed by atoms with Gasteiger partial charge >= 0.3 is 0 Å². The molecule has 1 unspecified atom stereocenters. The van der Waals surface area contributed by atoms with E-state index in [9.17, 15) is 8.42 Å². The number of sulfonamides is 1. The molecular weight excluding hydrogens is 304 g/mol. The minimum atomic E-state index is -3.31. The maximum atomic E-state index is 12.8. The van der Waals surface area contributed by atoms with Crippen molar-refractivity contribution in [2.24, 2.45) is 11.8 Å². The highest BCUT2D eigenvalue weighted by atomic mass is 32.2. The molecule has 1 aromatic heterocycles. The highest BCUT2D eigenvalue weighted by Gasteiger charge is 2.29. The standard InChI is InChI=1S/C15H26N2O2S2/c1-12(2)13-5-4-9-17(10-8-13)21(18,19)15-7-6-14(20-15)11-16-3/h6-7,12-13,16H,4-5,8-11H2,1-3H3. The summed E-state index contributed by atoms with van der Waals surface area (Å²) in [6, 6.07) is 3.65. The molecule has 1 fully saturated rings. The van der Waals surface area contributed by atoms with Gasteiger partial charge in [0, 0.05) is 24.5 Å². The predicted octanol–water partition coefficient (Wildman–Crippen LogP) is 2.91. The zero-order valence-corrected chi connectivity index (χ0v) is 14.8. The van der Waals surface area contributed by atoms with Crippen LogP contribution in [0.5, 0.6) is 0 Å². The van der Waals surface area contributed by atoms with Crippen LogP contribution in [0.4, 0.5) is 0 Å². The molecule has 0 radical (unpaired) electrons. The van der Waals surface area contributed by atoms with Crippen molar-refractivity contribution in [2.75, 3.05) is 20.1 Å². The molecule has 2 rings (SSSR count). The van der Waals surface area contributed by atoms with E-state index in [-0.39, 0.29) is 0 Å². The van der Waals surface area contributed by atoms with Crippen LogP contribution in [0.1, 0.15) is 38.0 Å². The van der Waals surface area contributed by atoms with E-state index in [4.69, 9.17) is 0 Å².